The smallest absolute Gasteiger partial charge is 0.309 e. The number of nitrogens with one attached hydrogen (secondary N) is 1. The maximum Gasteiger partial charge on any atom is 0.309 e. The molecule has 1 aliphatic carbocycles. The molecular formula is C26H49NO3. The number of hydrogen-bond acceptors (Lipinski definition) is 4. The third-order valence-corrected chi connectivity index (χ3v) is 6.26. The van der Waals surface area contributed by atoms with E-state index in [0.29, 0.717) is 19.1 Å². The standard InChI is InChI=1S/C26H49NO3/c1-21(2)15-9-5-7-13-19-29-25(27)23-17-11-12-18-24(23)26(28)30-20-14-8-6-10-16-22(3)4/h21-24,27H,5-20H2,1-4H3. The van der Waals surface area contributed by atoms with Gasteiger partial charge in [-0.05, 0) is 37.5 Å². The van der Waals surface area contributed by atoms with Crippen molar-refractivity contribution < 1.29 is 14.3 Å². The minimum atomic E-state index is -0.182. The number of rotatable bonds is 16. The molecule has 2 atom stereocenters. The highest BCUT2D eigenvalue weighted by Gasteiger charge is 2.35. The Morgan fingerprint density at radius 3 is 1.73 bits per heavy atom. The molecule has 0 aromatic rings. The Labute approximate surface area is 186 Å². The van der Waals surface area contributed by atoms with Crippen molar-refractivity contribution in [3.05, 3.63) is 0 Å². The number of esters is 1. The van der Waals surface area contributed by atoms with E-state index in [2.05, 4.69) is 27.7 Å². The van der Waals surface area contributed by atoms with Gasteiger partial charge in [0.1, 0.15) is 0 Å². The van der Waals surface area contributed by atoms with E-state index in [-0.39, 0.29) is 17.8 Å². The molecule has 0 bridgehead atoms. The molecule has 1 aliphatic rings. The first-order valence-electron chi connectivity index (χ1n) is 12.8. The molecule has 0 amide bonds. The van der Waals surface area contributed by atoms with E-state index >= 15 is 0 Å². The van der Waals surface area contributed by atoms with Crippen molar-refractivity contribution in [3.8, 4) is 0 Å². The third-order valence-electron chi connectivity index (χ3n) is 6.26. The maximum atomic E-state index is 12.6. The van der Waals surface area contributed by atoms with Crippen molar-refractivity contribution in [1.82, 2.24) is 0 Å². The minimum Gasteiger partial charge on any atom is -0.481 e. The normalized spacial score (nSPS) is 19.3. The molecule has 0 spiro atoms. The largest absolute Gasteiger partial charge is 0.481 e. The lowest BCUT2D eigenvalue weighted by atomic mass is 9.79. The molecule has 1 rings (SSSR count). The zero-order valence-electron chi connectivity index (χ0n) is 20.3. The summed E-state index contributed by atoms with van der Waals surface area (Å²) >= 11 is 0. The van der Waals surface area contributed by atoms with Crippen LogP contribution in [0.2, 0.25) is 0 Å². The van der Waals surface area contributed by atoms with Crippen LogP contribution in [0, 0.1) is 29.1 Å². The number of unbranched alkanes of at least 4 members (excludes halogenated alkanes) is 6. The van der Waals surface area contributed by atoms with Crippen LogP contribution in [0.1, 0.15) is 118 Å². The maximum absolute atomic E-state index is 12.6. The summed E-state index contributed by atoms with van der Waals surface area (Å²) in [5.74, 6) is 1.49. The molecule has 176 valence electrons. The fraction of sp³-hybridized carbons (Fsp3) is 0.923. The lowest BCUT2D eigenvalue weighted by Crippen LogP contribution is -2.35. The van der Waals surface area contributed by atoms with Crippen molar-refractivity contribution in [2.75, 3.05) is 13.2 Å². The molecule has 1 fully saturated rings. The van der Waals surface area contributed by atoms with Gasteiger partial charge in [0, 0.05) is 5.92 Å². The number of carbonyl (C=O) groups excluding carboxylic acids is 1. The summed E-state index contributed by atoms with van der Waals surface area (Å²) < 4.78 is 11.3. The molecule has 4 nitrogen and oxygen atoms in total. The highest BCUT2D eigenvalue weighted by Crippen LogP contribution is 2.32. The van der Waals surface area contributed by atoms with Gasteiger partial charge in [-0.25, -0.2) is 0 Å². The fourth-order valence-corrected chi connectivity index (χ4v) is 4.31. The van der Waals surface area contributed by atoms with Gasteiger partial charge in [0.2, 0.25) is 0 Å². The van der Waals surface area contributed by atoms with Gasteiger partial charge < -0.3 is 9.47 Å². The summed E-state index contributed by atoms with van der Waals surface area (Å²) in [7, 11) is 0. The average molecular weight is 424 g/mol. The van der Waals surface area contributed by atoms with Crippen LogP contribution in [0.25, 0.3) is 0 Å². The van der Waals surface area contributed by atoms with Crippen molar-refractivity contribution >= 4 is 11.9 Å². The van der Waals surface area contributed by atoms with Crippen LogP contribution in [0.15, 0.2) is 0 Å². The van der Waals surface area contributed by atoms with Crippen LogP contribution in [0.3, 0.4) is 0 Å². The van der Waals surface area contributed by atoms with E-state index in [1.165, 1.54) is 38.5 Å². The summed E-state index contributed by atoms with van der Waals surface area (Å²) in [6.07, 6.45) is 15.7. The molecular weight excluding hydrogens is 374 g/mol. The van der Waals surface area contributed by atoms with Gasteiger partial charge in [-0.1, -0.05) is 91.9 Å². The number of ether oxygens (including phenoxy) is 2. The lowest BCUT2D eigenvalue weighted by molar-refractivity contribution is -0.151. The van der Waals surface area contributed by atoms with Crippen molar-refractivity contribution in [1.29, 1.82) is 5.41 Å². The Hall–Kier alpha value is -1.06. The predicted molar refractivity (Wildman–Crippen MR) is 126 cm³/mol. The molecule has 2 unspecified atom stereocenters. The molecule has 4 heteroatoms. The highest BCUT2D eigenvalue weighted by atomic mass is 16.5. The van der Waals surface area contributed by atoms with Gasteiger partial charge in [-0.15, -0.1) is 0 Å². The zero-order chi connectivity index (χ0) is 22.2. The molecule has 0 aromatic heterocycles. The van der Waals surface area contributed by atoms with Gasteiger partial charge in [-0.2, -0.15) is 0 Å². The third kappa shape index (κ3) is 12.6. The van der Waals surface area contributed by atoms with Crippen molar-refractivity contribution in [2.24, 2.45) is 23.7 Å². The van der Waals surface area contributed by atoms with Gasteiger partial charge in [-0.3, -0.25) is 10.2 Å². The predicted octanol–water partition coefficient (Wildman–Crippen LogP) is 7.54. The topological polar surface area (TPSA) is 59.4 Å². The fourth-order valence-electron chi connectivity index (χ4n) is 4.31. The second kappa shape index (κ2) is 16.6. The monoisotopic (exact) mass is 423 g/mol. The average Bonchev–Trinajstić information content (AvgIpc) is 2.71. The van der Waals surface area contributed by atoms with E-state index < -0.39 is 0 Å². The molecule has 0 aliphatic heterocycles. The van der Waals surface area contributed by atoms with Crippen LogP contribution < -0.4 is 0 Å². The summed E-state index contributed by atoms with van der Waals surface area (Å²) in [6, 6.07) is 0. The lowest BCUT2D eigenvalue weighted by Gasteiger charge is -2.30. The minimum absolute atomic E-state index is 0.0850. The van der Waals surface area contributed by atoms with Crippen LogP contribution in [-0.4, -0.2) is 25.1 Å². The van der Waals surface area contributed by atoms with Crippen molar-refractivity contribution in [2.45, 2.75) is 118 Å². The molecule has 1 saturated carbocycles. The van der Waals surface area contributed by atoms with E-state index in [4.69, 9.17) is 14.9 Å². The second-order valence-corrected chi connectivity index (χ2v) is 10.1. The second-order valence-electron chi connectivity index (χ2n) is 10.1. The van der Waals surface area contributed by atoms with Crippen LogP contribution in [0.5, 0.6) is 0 Å². The number of hydrogen-bond donors (Lipinski definition) is 1. The van der Waals surface area contributed by atoms with Gasteiger partial charge in [0.05, 0.1) is 19.1 Å². The summed E-state index contributed by atoms with van der Waals surface area (Å²) in [6.45, 7) is 10.2. The Morgan fingerprint density at radius 2 is 1.20 bits per heavy atom. The van der Waals surface area contributed by atoms with E-state index in [9.17, 15) is 4.79 Å². The zero-order valence-corrected chi connectivity index (χ0v) is 20.3. The van der Waals surface area contributed by atoms with E-state index in [1.807, 2.05) is 0 Å². The van der Waals surface area contributed by atoms with E-state index in [0.717, 1.165) is 63.2 Å². The molecule has 0 heterocycles. The quantitative estimate of drug-likeness (QED) is 0.121. The van der Waals surface area contributed by atoms with E-state index in [1.54, 1.807) is 0 Å². The van der Waals surface area contributed by atoms with Gasteiger partial charge in [0.25, 0.3) is 0 Å². The molecule has 1 N–H and O–H groups in total. The summed E-state index contributed by atoms with van der Waals surface area (Å²) in [4.78, 5) is 12.6. The molecule has 0 aromatic carbocycles. The Kier molecular flexibility index (Phi) is 14.9. The van der Waals surface area contributed by atoms with Gasteiger partial charge >= 0.3 is 5.97 Å². The van der Waals surface area contributed by atoms with Crippen molar-refractivity contribution in [3.63, 3.8) is 0 Å². The molecule has 0 radical (unpaired) electrons. The highest BCUT2D eigenvalue weighted by molar-refractivity contribution is 5.83. The van der Waals surface area contributed by atoms with Crippen LogP contribution >= 0.6 is 0 Å². The first kappa shape index (κ1) is 27.0. The Balaban J connectivity index is 2.22. The first-order chi connectivity index (χ1) is 14.4. The van der Waals surface area contributed by atoms with Crippen LogP contribution in [-0.2, 0) is 14.3 Å². The summed E-state index contributed by atoms with van der Waals surface area (Å²) in [5.41, 5.74) is 0. The molecule has 30 heavy (non-hydrogen) atoms. The van der Waals surface area contributed by atoms with Crippen LogP contribution in [0.4, 0.5) is 0 Å². The Bertz CT molecular complexity index is 419. The molecule has 0 saturated heterocycles. The Morgan fingerprint density at radius 1 is 0.733 bits per heavy atom. The summed E-state index contributed by atoms with van der Waals surface area (Å²) in [5, 5.41) is 8.37. The first-order valence-corrected chi connectivity index (χ1v) is 12.8. The number of carbonyl (C=O) groups is 1. The SMILES string of the molecule is CC(C)CCCCCCOC(=N)C1CCCCC1C(=O)OCCCCCCC(C)C. The van der Waals surface area contributed by atoms with Gasteiger partial charge in [0.15, 0.2) is 5.90 Å².